The first-order valence-corrected chi connectivity index (χ1v) is 16.2. The number of anilines is 1. The van der Waals surface area contributed by atoms with Gasteiger partial charge in [-0.2, -0.15) is 0 Å². The van der Waals surface area contributed by atoms with Gasteiger partial charge < -0.3 is 19.0 Å². The van der Waals surface area contributed by atoms with E-state index in [1.54, 1.807) is 41.2 Å². The highest BCUT2D eigenvalue weighted by Gasteiger charge is 2.39. The highest BCUT2D eigenvalue weighted by atomic mass is 35.5. The maximum absolute atomic E-state index is 13.9. The van der Waals surface area contributed by atoms with E-state index in [9.17, 15) is 9.18 Å². The van der Waals surface area contributed by atoms with Crippen LogP contribution >= 0.6 is 11.6 Å². The fourth-order valence-corrected chi connectivity index (χ4v) is 5.53. The van der Waals surface area contributed by atoms with Crippen molar-refractivity contribution in [3.8, 4) is 11.3 Å². The fourth-order valence-electron chi connectivity index (χ4n) is 4.07. The molecule has 0 aliphatic carbocycles. The molecule has 2 aromatic heterocycles. The zero-order valence-electron chi connectivity index (χ0n) is 22.6. The van der Waals surface area contributed by atoms with Gasteiger partial charge in [-0.25, -0.2) is 14.4 Å². The number of aromatic nitrogens is 3. The predicted octanol–water partition coefficient (Wildman–Crippen LogP) is 6.45. The largest absolute Gasteiger partial charge is 0.408 e. The van der Waals surface area contributed by atoms with Crippen LogP contribution < -0.4 is 10.9 Å². The van der Waals surface area contributed by atoms with E-state index in [0.29, 0.717) is 17.2 Å². The Balaban J connectivity index is 1.58. The Morgan fingerprint density at radius 3 is 2.61 bits per heavy atom. The first-order valence-electron chi connectivity index (χ1n) is 12.9. The standard InChI is InChI=1S/C28H36ClFN4O3Si/c1-28(2,3)38(4,5)37-25(20-6-7-23(30)22(29)16-20)18-34-13-9-19(17-26(34)35)24-8-12-31-27(33-24)32-21-10-14-36-15-11-21/h6-9,12-13,16-17,21,25H,10-11,14-15,18H2,1-5H3,(H,31,32,33)/t25-/m1/s1. The first-order chi connectivity index (χ1) is 17.9. The van der Waals surface area contributed by atoms with Gasteiger partial charge in [-0.1, -0.05) is 38.4 Å². The molecular weight excluding hydrogens is 523 g/mol. The van der Waals surface area contributed by atoms with Crippen molar-refractivity contribution in [2.75, 3.05) is 18.5 Å². The molecule has 0 amide bonds. The van der Waals surface area contributed by atoms with Crippen LogP contribution in [0.4, 0.5) is 10.3 Å². The van der Waals surface area contributed by atoms with E-state index < -0.39 is 20.2 Å². The molecule has 1 saturated heterocycles. The number of nitrogens with zero attached hydrogens (tertiary/aromatic N) is 3. The molecule has 204 valence electrons. The Kier molecular flexibility index (Phi) is 8.71. The Morgan fingerprint density at radius 2 is 1.95 bits per heavy atom. The Hall–Kier alpha value is -2.59. The summed E-state index contributed by atoms with van der Waals surface area (Å²) in [5.41, 5.74) is 1.92. The molecule has 10 heteroatoms. The molecule has 0 saturated carbocycles. The average molecular weight is 559 g/mol. The normalized spacial score (nSPS) is 15.9. The minimum atomic E-state index is -2.23. The zero-order valence-corrected chi connectivity index (χ0v) is 24.4. The molecule has 0 bridgehead atoms. The molecule has 0 radical (unpaired) electrons. The molecule has 38 heavy (non-hydrogen) atoms. The maximum Gasteiger partial charge on any atom is 0.251 e. The van der Waals surface area contributed by atoms with Gasteiger partial charge in [-0.15, -0.1) is 0 Å². The summed E-state index contributed by atoms with van der Waals surface area (Å²) in [6.45, 7) is 12.5. The summed E-state index contributed by atoms with van der Waals surface area (Å²) in [6, 6.07) is 10.1. The lowest BCUT2D eigenvalue weighted by molar-refractivity contribution is 0.0903. The molecule has 1 N–H and O–H groups in total. The molecule has 1 aliphatic rings. The van der Waals surface area contributed by atoms with Gasteiger partial charge in [-0.3, -0.25) is 4.79 Å². The SMILES string of the molecule is CC(C)(C)[Si](C)(C)O[C@H](Cn1ccc(-c2ccnc(NC3CCOCC3)n2)cc1=O)c1ccc(F)c(Cl)c1. The van der Waals surface area contributed by atoms with Gasteiger partial charge in [-0.05, 0) is 60.8 Å². The minimum Gasteiger partial charge on any atom is -0.408 e. The van der Waals surface area contributed by atoms with Crippen molar-refractivity contribution < 1.29 is 13.6 Å². The number of benzene rings is 1. The lowest BCUT2D eigenvalue weighted by atomic mass is 10.1. The summed E-state index contributed by atoms with van der Waals surface area (Å²) in [6.07, 6.45) is 4.78. The van der Waals surface area contributed by atoms with Gasteiger partial charge in [0.25, 0.3) is 5.56 Å². The topological polar surface area (TPSA) is 78.3 Å². The van der Waals surface area contributed by atoms with E-state index in [4.69, 9.17) is 20.8 Å². The number of hydrogen-bond donors (Lipinski definition) is 1. The van der Waals surface area contributed by atoms with Crippen molar-refractivity contribution in [3.05, 3.63) is 75.5 Å². The van der Waals surface area contributed by atoms with Crippen LogP contribution in [0.15, 0.2) is 53.6 Å². The van der Waals surface area contributed by atoms with Crippen LogP contribution in [0.2, 0.25) is 23.2 Å². The second-order valence-electron chi connectivity index (χ2n) is 11.2. The van der Waals surface area contributed by atoms with Crippen LogP contribution in [-0.2, 0) is 15.7 Å². The monoisotopic (exact) mass is 558 g/mol. The summed E-state index contributed by atoms with van der Waals surface area (Å²) in [7, 11) is -2.23. The predicted molar refractivity (Wildman–Crippen MR) is 152 cm³/mol. The van der Waals surface area contributed by atoms with Crippen molar-refractivity contribution >= 4 is 25.9 Å². The fraction of sp³-hybridized carbons (Fsp3) is 0.464. The molecule has 1 aliphatic heterocycles. The van der Waals surface area contributed by atoms with Crippen molar-refractivity contribution in [1.29, 1.82) is 0 Å². The number of ether oxygens (including phenoxy) is 1. The molecule has 1 atom stereocenters. The van der Waals surface area contributed by atoms with E-state index in [1.165, 1.54) is 6.07 Å². The van der Waals surface area contributed by atoms with Crippen LogP contribution in [0.25, 0.3) is 11.3 Å². The van der Waals surface area contributed by atoms with Crippen LogP contribution in [0.5, 0.6) is 0 Å². The average Bonchev–Trinajstić information content (AvgIpc) is 2.86. The van der Waals surface area contributed by atoms with E-state index in [1.807, 2.05) is 6.07 Å². The van der Waals surface area contributed by atoms with Gasteiger partial charge in [0.2, 0.25) is 5.95 Å². The number of rotatable bonds is 8. The zero-order chi connectivity index (χ0) is 27.5. The van der Waals surface area contributed by atoms with Gasteiger partial charge >= 0.3 is 0 Å². The third-order valence-corrected chi connectivity index (χ3v) is 12.2. The maximum atomic E-state index is 13.9. The molecule has 3 aromatic rings. The molecule has 1 aromatic carbocycles. The molecule has 7 nitrogen and oxygen atoms in total. The summed E-state index contributed by atoms with van der Waals surface area (Å²) in [5.74, 6) is 0.0492. The number of pyridine rings is 1. The minimum absolute atomic E-state index is 0.0305. The van der Waals surface area contributed by atoms with Crippen LogP contribution in [-0.4, -0.2) is 42.1 Å². The van der Waals surface area contributed by atoms with E-state index in [-0.39, 0.29) is 28.2 Å². The van der Waals surface area contributed by atoms with Gasteiger partial charge in [0.15, 0.2) is 8.32 Å². The Bertz CT molecular complexity index is 1320. The molecular formula is C28H36ClFN4O3Si. The highest BCUT2D eigenvalue weighted by Crippen LogP contribution is 2.40. The lowest BCUT2D eigenvalue weighted by Gasteiger charge is -2.39. The van der Waals surface area contributed by atoms with E-state index >= 15 is 0 Å². The van der Waals surface area contributed by atoms with Gasteiger partial charge in [0, 0.05) is 43.3 Å². The quantitative estimate of drug-likeness (QED) is 0.320. The molecule has 4 rings (SSSR count). The summed E-state index contributed by atoms with van der Waals surface area (Å²) < 4.78 is 27.6. The van der Waals surface area contributed by atoms with Gasteiger partial charge in [0.1, 0.15) is 5.82 Å². The summed E-state index contributed by atoms with van der Waals surface area (Å²) in [4.78, 5) is 22.2. The first kappa shape index (κ1) is 28.4. The molecule has 3 heterocycles. The van der Waals surface area contributed by atoms with Crippen molar-refractivity contribution in [2.24, 2.45) is 0 Å². The smallest absolute Gasteiger partial charge is 0.251 e. The summed E-state index contributed by atoms with van der Waals surface area (Å²) in [5, 5.41) is 3.35. The number of hydrogen-bond acceptors (Lipinski definition) is 6. The van der Waals surface area contributed by atoms with Crippen LogP contribution in [0, 0.1) is 5.82 Å². The van der Waals surface area contributed by atoms with Crippen LogP contribution in [0.3, 0.4) is 0 Å². The second kappa shape index (κ2) is 11.7. The second-order valence-corrected chi connectivity index (χ2v) is 16.4. The van der Waals surface area contributed by atoms with Crippen molar-refractivity contribution in [2.45, 2.75) is 70.4 Å². The Labute approximate surface area is 229 Å². The van der Waals surface area contributed by atoms with E-state index in [0.717, 1.165) is 31.6 Å². The summed E-state index contributed by atoms with van der Waals surface area (Å²) >= 11 is 6.11. The molecule has 0 spiro atoms. The highest BCUT2D eigenvalue weighted by molar-refractivity contribution is 6.74. The van der Waals surface area contributed by atoms with Gasteiger partial charge in [0.05, 0.1) is 23.4 Å². The van der Waals surface area contributed by atoms with E-state index in [2.05, 4.69) is 49.1 Å². The lowest BCUT2D eigenvalue weighted by Crippen LogP contribution is -2.43. The third kappa shape index (κ3) is 6.88. The van der Waals surface area contributed by atoms with Crippen LogP contribution in [0.1, 0.15) is 45.3 Å². The third-order valence-electron chi connectivity index (χ3n) is 7.42. The Morgan fingerprint density at radius 1 is 1.21 bits per heavy atom. The van der Waals surface area contributed by atoms with Crippen molar-refractivity contribution in [1.82, 2.24) is 14.5 Å². The molecule has 0 unspecified atom stereocenters. The van der Waals surface area contributed by atoms with Crippen molar-refractivity contribution in [3.63, 3.8) is 0 Å². The number of halogens is 2. The molecule has 1 fully saturated rings. The number of nitrogens with one attached hydrogen (secondary N) is 1.